The molecule has 1 rings (SSSR count). The first kappa shape index (κ1) is 16.6. The molecule has 1 unspecified atom stereocenters. The fourth-order valence-corrected chi connectivity index (χ4v) is 2.09. The number of amides is 1. The monoisotopic (exact) mass is 322 g/mol. The van der Waals surface area contributed by atoms with Crippen molar-refractivity contribution in [3.63, 3.8) is 0 Å². The minimum absolute atomic E-state index is 0.00235. The average Bonchev–Trinajstić information content (AvgIpc) is 2.34. The molecule has 0 saturated carbocycles. The highest BCUT2D eigenvalue weighted by atomic mass is 35.5. The molecule has 1 aromatic rings. The Hall–Kier alpha value is -1.45. The Balaban J connectivity index is 2.68. The van der Waals surface area contributed by atoms with E-state index in [0.717, 1.165) is 6.26 Å². The third-order valence-electron chi connectivity index (χ3n) is 2.25. The number of hydrogen-bond donors (Lipinski definition) is 2. The molecule has 0 spiro atoms. The first-order valence-electron chi connectivity index (χ1n) is 5.54. The van der Waals surface area contributed by atoms with Crippen LogP contribution in [0, 0.1) is 0 Å². The quantitative estimate of drug-likeness (QED) is 0.697. The molecule has 0 aliphatic carbocycles. The minimum atomic E-state index is -3.18. The van der Waals surface area contributed by atoms with E-state index < -0.39 is 21.8 Å². The number of methoxy groups -OCH3 is 1. The van der Waals surface area contributed by atoms with E-state index in [4.69, 9.17) is 22.1 Å². The molecule has 10 heteroatoms. The molecule has 0 radical (unpaired) electrons. The number of carbonyl (C=O) groups excluding carboxylic acids is 1. The topological polar surface area (TPSA) is 124 Å². The van der Waals surface area contributed by atoms with Gasteiger partial charge in [0.2, 0.25) is 17.7 Å². The Morgan fingerprint density at radius 3 is 2.75 bits per heavy atom. The van der Waals surface area contributed by atoms with Gasteiger partial charge in [-0.1, -0.05) is 11.6 Å². The van der Waals surface area contributed by atoms with Crippen molar-refractivity contribution >= 4 is 33.3 Å². The van der Waals surface area contributed by atoms with Crippen LogP contribution in [0.25, 0.3) is 0 Å². The molecule has 8 nitrogen and oxygen atoms in total. The highest BCUT2D eigenvalue weighted by Gasteiger charge is 2.17. The summed E-state index contributed by atoms with van der Waals surface area (Å²) in [5.41, 5.74) is 5.58. The Bertz CT molecular complexity index is 593. The number of anilines is 1. The van der Waals surface area contributed by atoms with E-state index in [1.165, 1.54) is 13.2 Å². The van der Waals surface area contributed by atoms with Gasteiger partial charge in [0.15, 0.2) is 0 Å². The molecule has 1 amide bonds. The van der Waals surface area contributed by atoms with E-state index in [0.29, 0.717) is 0 Å². The predicted molar refractivity (Wildman–Crippen MR) is 74.5 cm³/mol. The number of sulfone groups is 1. The second kappa shape index (κ2) is 6.82. The summed E-state index contributed by atoms with van der Waals surface area (Å²) in [7, 11) is -1.78. The minimum Gasteiger partial charge on any atom is -0.481 e. The van der Waals surface area contributed by atoms with Crippen molar-refractivity contribution in [2.75, 3.05) is 24.4 Å². The Kier molecular flexibility index (Phi) is 5.66. The number of carbonyl (C=O) groups is 1. The van der Waals surface area contributed by atoms with Gasteiger partial charge in [-0.2, -0.15) is 4.98 Å². The van der Waals surface area contributed by atoms with Crippen LogP contribution in [0.3, 0.4) is 0 Å². The average molecular weight is 323 g/mol. The van der Waals surface area contributed by atoms with E-state index in [9.17, 15) is 13.2 Å². The fourth-order valence-electron chi connectivity index (χ4n) is 1.23. The van der Waals surface area contributed by atoms with Gasteiger partial charge in [0.1, 0.15) is 15.0 Å². The summed E-state index contributed by atoms with van der Waals surface area (Å²) >= 11 is 5.72. The van der Waals surface area contributed by atoms with Crippen LogP contribution in [-0.4, -0.2) is 49.5 Å². The SMILES string of the molecule is COc1cc(Cl)nc(NC(=O)C(N)CCS(C)(=O)=O)n1. The molecule has 0 saturated heterocycles. The number of halogens is 1. The predicted octanol–water partition coefficient (Wildman–Crippen LogP) is -0.161. The molecular weight excluding hydrogens is 308 g/mol. The third-order valence-corrected chi connectivity index (χ3v) is 3.42. The van der Waals surface area contributed by atoms with E-state index in [2.05, 4.69) is 15.3 Å². The standard InChI is InChI=1S/C10H15ClN4O4S/c1-19-8-5-7(11)13-10(14-8)15-9(16)6(12)3-4-20(2,17)18/h5-6H,3-4,12H2,1-2H3,(H,13,14,15,16). The molecule has 0 aromatic carbocycles. The van der Waals surface area contributed by atoms with Crippen LogP contribution in [0.15, 0.2) is 6.07 Å². The summed E-state index contributed by atoms with van der Waals surface area (Å²) in [4.78, 5) is 19.4. The maximum absolute atomic E-state index is 11.7. The lowest BCUT2D eigenvalue weighted by molar-refractivity contribution is -0.117. The van der Waals surface area contributed by atoms with E-state index in [1.807, 2.05) is 0 Å². The Morgan fingerprint density at radius 2 is 2.20 bits per heavy atom. The van der Waals surface area contributed by atoms with Crippen molar-refractivity contribution in [1.82, 2.24) is 9.97 Å². The van der Waals surface area contributed by atoms with Crippen LogP contribution in [-0.2, 0) is 14.6 Å². The number of nitrogens with two attached hydrogens (primary N) is 1. The number of hydrogen-bond acceptors (Lipinski definition) is 7. The number of nitrogens with one attached hydrogen (secondary N) is 1. The highest BCUT2D eigenvalue weighted by Crippen LogP contribution is 2.15. The van der Waals surface area contributed by atoms with Gasteiger partial charge in [-0.05, 0) is 6.42 Å². The van der Waals surface area contributed by atoms with E-state index in [-0.39, 0.29) is 29.2 Å². The first-order valence-corrected chi connectivity index (χ1v) is 7.98. The van der Waals surface area contributed by atoms with Crippen LogP contribution < -0.4 is 15.8 Å². The smallest absolute Gasteiger partial charge is 0.243 e. The normalized spacial score (nSPS) is 12.8. The summed E-state index contributed by atoms with van der Waals surface area (Å²) in [6.45, 7) is 0. The van der Waals surface area contributed by atoms with Gasteiger partial charge in [0, 0.05) is 12.3 Å². The van der Waals surface area contributed by atoms with Gasteiger partial charge in [-0.3, -0.25) is 10.1 Å². The second-order valence-electron chi connectivity index (χ2n) is 4.07. The van der Waals surface area contributed by atoms with Crippen LogP contribution in [0.5, 0.6) is 5.88 Å². The van der Waals surface area contributed by atoms with Crippen molar-refractivity contribution in [2.24, 2.45) is 5.73 Å². The van der Waals surface area contributed by atoms with Gasteiger partial charge >= 0.3 is 0 Å². The van der Waals surface area contributed by atoms with Crippen molar-refractivity contribution in [2.45, 2.75) is 12.5 Å². The zero-order chi connectivity index (χ0) is 15.3. The Morgan fingerprint density at radius 1 is 1.55 bits per heavy atom. The van der Waals surface area contributed by atoms with Crippen molar-refractivity contribution in [1.29, 1.82) is 0 Å². The van der Waals surface area contributed by atoms with Crippen LogP contribution >= 0.6 is 11.6 Å². The van der Waals surface area contributed by atoms with E-state index >= 15 is 0 Å². The number of ether oxygens (including phenoxy) is 1. The fraction of sp³-hybridized carbons (Fsp3) is 0.500. The second-order valence-corrected chi connectivity index (χ2v) is 6.72. The van der Waals surface area contributed by atoms with Gasteiger partial charge in [-0.15, -0.1) is 0 Å². The lowest BCUT2D eigenvalue weighted by Gasteiger charge is -2.11. The van der Waals surface area contributed by atoms with Crippen molar-refractivity contribution in [3.8, 4) is 5.88 Å². The number of nitrogens with zero attached hydrogens (tertiary/aromatic N) is 2. The molecular formula is C10H15ClN4O4S. The summed E-state index contributed by atoms with van der Waals surface area (Å²) in [6, 6.07) is 0.388. The maximum atomic E-state index is 11.7. The summed E-state index contributed by atoms with van der Waals surface area (Å²) < 4.78 is 26.9. The highest BCUT2D eigenvalue weighted by molar-refractivity contribution is 7.90. The van der Waals surface area contributed by atoms with Crippen molar-refractivity contribution in [3.05, 3.63) is 11.2 Å². The van der Waals surface area contributed by atoms with Gasteiger partial charge < -0.3 is 10.5 Å². The number of aromatic nitrogens is 2. The molecule has 112 valence electrons. The number of rotatable bonds is 6. The molecule has 1 aromatic heterocycles. The molecule has 3 N–H and O–H groups in total. The van der Waals surface area contributed by atoms with E-state index in [1.54, 1.807) is 0 Å². The largest absolute Gasteiger partial charge is 0.481 e. The summed E-state index contributed by atoms with van der Waals surface area (Å²) in [6.07, 6.45) is 1.07. The van der Waals surface area contributed by atoms with Crippen molar-refractivity contribution < 1.29 is 17.9 Å². The molecule has 0 aliphatic heterocycles. The molecule has 0 fully saturated rings. The van der Waals surface area contributed by atoms with Gasteiger partial charge in [0.25, 0.3) is 0 Å². The molecule has 20 heavy (non-hydrogen) atoms. The first-order chi connectivity index (χ1) is 9.21. The third kappa shape index (κ3) is 5.68. The lowest BCUT2D eigenvalue weighted by atomic mass is 10.2. The molecule has 0 aliphatic rings. The maximum Gasteiger partial charge on any atom is 0.243 e. The molecule has 1 heterocycles. The zero-order valence-corrected chi connectivity index (χ0v) is 12.5. The van der Waals surface area contributed by atoms with Crippen LogP contribution in [0.1, 0.15) is 6.42 Å². The van der Waals surface area contributed by atoms with Crippen LogP contribution in [0.4, 0.5) is 5.95 Å². The molecule has 0 bridgehead atoms. The summed E-state index contributed by atoms with van der Waals surface area (Å²) in [5.74, 6) is -0.654. The molecule has 1 atom stereocenters. The van der Waals surface area contributed by atoms with Gasteiger partial charge in [0.05, 0.1) is 18.9 Å². The van der Waals surface area contributed by atoms with Crippen LogP contribution in [0.2, 0.25) is 5.15 Å². The Labute approximate surface area is 121 Å². The zero-order valence-electron chi connectivity index (χ0n) is 11.0. The lowest BCUT2D eigenvalue weighted by Crippen LogP contribution is -2.37. The van der Waals surface area contributed by atoms with Gasteiger partial charge in [-0.25, -0.2) is 13.4 Å². The summed E-state index contributed by atoms with van der Waals surface area (Å²) in [5, 5.41) is 2.44.